The molecule has 0 nitrogen and oxygen atoms in total. The van der Waals surface area contributed by atoms with Gasteiger partial charge >= 0.3 is 0 Å². The van der Waals surface area contributed by atoms with Crippen molar-refractivity contribution in [3.05, 3.63) is 36.5 Å². The molecule has 1 aliphatic rings. The second-order valence-corrected chi connectivity index (χ2v) is 2.73. The van der Waals surface area contributed by atoms with Crippen LogP contribution in [0.1, 0.15) is 32.1 Å². The van der Waals surface area contributed by atoms with Crippen LogP contribution in [-0.4, -0.2) is 0 Å². The lowest BCUT2D eigenvalue weighted by atomic mass is 10.2. The highest BCUT2D eigenvalue weighted by Gasteiger charge is 1.82. The lowest BCUT2D eigenvalue weighted by Gasteiger charge is -1.87. The van der Waals surface area contributed by atoms with E-state index in [0.717, 1.165) is 19.3 Å². The summed E-state index contributed by atoms with van der Waals surface area (Å²) in [6.07, 6.45) is 20.0. The lowest BCUT2D eigenvalue weighted by molar-refractivity contribution is 0.849. The Morgan fingerprint density at radius 3 is 2.64 bits per heavy atom. The fraction of sp³-hybridized carbons (Fsp3) is 0.455. The first kappa shape index (κ1) is 8.32. The van der Waals surface area contributed by atoms with Crippen LogP contribution in [0.3, 0.4) is 0 Å². The molecule has 0 amide bonds. The Balaban J connectivity index is 2.34. The average Bonchev–Trinajstić information content (AvgIpc) is 2.08. The molecule has 0 saturated carbocycles. The van der Waals surface area contributed by atoms with E-state index in [1.807, 2.05) is 0 Å². The predicted octanol–water partition coefficient (Wildman–Crippen LogP) is 3.42. The molecule has 0 fully saturated rings. The van der Waals surface area contributed by atoms with Gasteiger partial charge in [0.1, 0.15) is 0 Å². The standard InChI is InChI=1S/C11H15/c1-2-4-6-8-10-11-9-7-5-3-1/h1-4,9H,5-8,10H2/b3-1-,4-2-,11-9?. The molecular formula is C11H15. The normalized spacial score (nSPS) is 28.4. The van der Waals surface area contributed by atoms with Crippen molar-refractivity contribution in [1.29, 1.82) is 0 Å². The van der Waals surface area contributed by atoms with Gasteiger partial charge in [0.25, 0.3) is 0 Å². The van der Waals surface area contributed by atoms with Gasteiger partial charge in [0.15, 0.2) is 0 Å². The summed E-state index contributed by atoms with van der Waals surface area (Å²) in [6.45, 7) is 0. The van der Waals surface area contributed by atoms with Gasteiger partial charge in [-0.25, -0.2) is 0 Å². The maximum absolute atomic E-state index is 3.29. The fourth-order valence-electron chi connectivity index (χ4n) is 1.06. The van der Waals surface area contributed by atoms with Gasteiger partial charge in [0.05, 0.1) is 0 Å². The molecule has 0 bridgehead atoms. The van der Waals surface area contributed by atoms with Crippen molar-refractivity contribution in [3.63, 3.8) is 0 Å². The first-order valence-electron chi connectivity index (χ1n) is 4.37. The van der Waals surface area contributed by atoms with Crippen LogP contribution in [0.4, 0.5) is 0 Å². The third-order valence-corrected chi connectivity index (χ3v) is 1.70. The zero-order valence-electron chi connectivity index (χ0n) is 6.92. The van der Waals surface area contributed by atoms with Gasteiger partial charge in [0, 0.05) is 0 Å². The molecule has 1 radical (unpaired) electrons. The van der Waals surface area contributed by atoms with Crippen LogP contribution in [0.15, 0.2) is 30.4 Å². The Kier molecular flexibility index (Phi) is 4.51. The van der Waals surface area contributed by atoms with E-state index in [9.17, 15) is 0 Å². The maximum Gasteiger partial charge on any atom is -0.0276 e. The quantitative estimate of drug-likeness (QED) is 0.492. The summed E-state index contributed by atoms with van der Waals surface area (Å²) in [5.41, 5.74) is 0. The van der Waals surface area contributed by atoms with Gasteiger partial charge in [0.2, 0.25) is 0 Å². The zero-order valence-corrected chi connectivity index (χ0v) is 6.92. The van der Waals surface area contributed by atoms with E-state index in [2.05, 4.69) is 36.5 Å². The van der Waals surface area contributed by atoms with E-state index in [4.69, 9.17) is 0 Å². The van der Waals surface area contributed by atoms with E-state index >= 15 is 0 Å². The van der Waals surface area contributed by atoms with Crippen molar-refractivity contribution in [2.24, 2.45) is 0 Å². The molecule has 11 heavy (non-hydrogen) atoms. The summed E-state index contributed by atoms with van der Waals surface area (Å²) in [6, 6.07) is 0. The molecule has 0 unspecified atom stereocenters. The van der Waals surface area contributed by atoms with Crippen molar-refractivity contribution in [2.75, 3.05) is 0 Å². The van der Waals surface area contributed by atoms with Crippen molar-refractivity contribution in [2.45, 2.75) is 32.1 Å². The van der Waals surface area contributed by atoms with Gasteiger partial charge < -0.3 is 0 Å². The molecule has 0 aliphatic heterocycles. The average molecular weight is 147 g/mol. The largest absolute Gasteiger partial charge is 0.0845 e. The third kappa shape index (κ3) is 4.60. The molecular weight excluding hydrogens is 132 g/mol. The molecule has 0 heteroatoms. The first-order valence-corrected chi connectivity index (χ1v) is 4.37. The SMILES string of the molecule is [C]1=C\CC/C=C\C=C/CCC/1. The van der Waals surface area contributed by atoms with Crippen LogP contribution in [0, 0.1) is 6.08 Å². The monoisotopic (exact) mass is 147 g/mol. The molecule has 0 spiro atoms. The minimum Gasteiger partial charge on any atom is -0.0845 e. The highest BCUT2D eigenvalue weighted by Crippen LogP contribution is 2.01. The van der Waals surface area contributed by atoms with E-state index in [1.54, 1.807) is 0 Å². The Hall–Kier alpha value is -0.780. The van der Waals surface area contributed by atoms with Crippen LogP contribution in [0.25, 0.3) is 0 Å². The highest BCUT2D eigenvalue weighted by molar-refractivity contribution is 5.03. The summed E-state index contributed by atoms with van der Waals surface area (Å²) in [7, 11) is 0. The molecule has 1 rings (SSSR count). The summed E-state index contributed by atoms with van der Waals surface area (Å²) in [4.78, 5) is 0. The number of hydrogen-bond donors (Lipinski definition) is 0. The molecule has 59 valence electrons. The molecule has 0 heterocycles. The van der Waals surface area contributed by atoms with Gasteiger partial charge in [-0.05, 0) is 38.2 Å². The van der Waals surface area contributed by atoms with Crippen LogP contribution < -0.4 is 0 Å². The Morgan fingerprint density at radius 1 is 0.909 bits per heavy atom. The maximum atomic E-state index is 3.29. The van der Waals surface area contributed by atoms with Gasteiger partial charge in [-0.2, -0.15) is 0 Å². The summed E-state index contributed by atoms with van der Waals surface area (Å²) in [5.74, 6) is 0. The van der Waals surface area contributed by atoms with Crippen LogP contribution in [-0.2, 0) is 0 Å². The second-order valence-electron chi connectivity index (χ2n) is 2.73. The third-order valence-electron chi connectivity index (χ3n) is 1.70. The zero-order chi connectivity index (χ0) is 7.78. The second kappa shape index (κ2) is 5.96. The smallest absolute Gasteiger partial charge is 0.0276 e. The Bertz CT molecular complexity index is 161. The minimum absolute atomic E-state index is 1.12. The molecule has 0 aromatic carbocycles. The first-order chi connectivity index (χ1) is 5.50. The van der Waals surface area contributed by atoms with Gasteiger partial charge in [-0.1, -0.05) is 30.4 Å². The Morgan fingerprint density at radius 2 is 1.73 bits per heavy atom. The van der Waals surface area contributed by atoms with E-state index in [1.165, 1.54) is 12.8 Å². The van der Waals surface area contributed by atoms with E-state index < -0.39 is 0 Å². The van der Waals surface area contributed by atoms with Crippen LogP contribution in [0.5, 0.6) is 0 Å². The number of allylic oxidation sites excluding steroid dienone is 6. The minimum atomic E-state index is 1.12. The molecule has 0 atom stereocenters. The van der Waals surface area contributed by atoms with Crippen LogP contribution >= 0.6 is 0 Å². The topological polar surface area (TPSA) is 0 Å². The van der Waals surface area contributed by atoms with Crippen molar-refractivity contribution >= 4 is 0 Å². The fourth-order valence-corrected chi connectivity index (χ4v) is 1.06. The van der Waals surface area contributed by atoms with Crippen molar-refractivity contribution in [1.82, 2.24) is 0 Å². The lowest BCUT2D eigenvalue weighted by Crippen LogP contribution is -1.69. The molecule has 0 saturated heterocycles. The summed E-state index contributed by atoms with van der Waals surface area (Å²) < 4.78 is 0. The molecule has 1 aliphatic carbocycles. The summed E-state index contributed by atoms with van der Waals surface area (Å²) >= 11 is 0. The van der Waals surface area contributed by atoms with Crippen LogP contribution in [0.2, 0.25) is 0 Å². The molecule has 0 N–H and O–H groups in total. The summed E-state index contributed by atoms with van der Waals surface area (Å²) in [5, 5.41) is 0. The predicted molar refractivity (Wildman–Crippen MR) is 49.2 cm³/mol. The van der Waals surface area contributed by atoms with Gasteiger partial charge in [-0.3, -0.25) is 0 Å². The van der Waals surface area contributed by atoms with Gasteiger partial charge in [-0.15, -0.1) is 0 Å². The Labute approximate surface area is 69.3 Å². The van der Waals surface area contributed by atoms with Crippen molar-refractivity contribution in [3.8, 4) is 0 Å². The number of rotatable bonds is 0. The molecule has 0 aromatic rings. The van der Waals surface area contributed by atoms with E-state index in [-0.39, 0.29) is 0 Å². The number of hydrogen-bond acceptors (Lipinski definition) is 0. The van der Waals surface area contributed by atoms with Crippen molar-refractivity contribution < 1.29 is 0 Å². The van der Waals surface area contributed by atoms with E-state index in [0.29, 0.717) is 0 Å². The molecule has 0 aromatic heterocycles. The highest BCUT2D eigenvalue weighted by atomic mass is 13.9.